The largest absolute Gasteiger partial charge is 0.398 e. The molecular formula is C11H15ClN2O3S. The molecule has 1 atom stereocenters. The van der Waals surface area contributed by atoms with Gasteiger partial charge in [-0.3, -0.25) is 4.79 Å². The van der Waals surface area contributed by atoms with Crippen molar-refractivity contribution < 1.29 is 13.2 Å². The minimum Gasteiger partial charge on any atom is -0.398 e. The van der Waals surface area contributed by atoms with E-state index < -0.39 is 21.0 Å². The molecule has 1 unspecified atom stereocenters. The van der Waals surface area contributed by atoms with E-state index in [0.717, 1.165) is 6.26 Å². The molecule has 1 rings (SSSR count). The van der Waals surface area contributed by atoms with Crippen molar-refractivity contribution in [1.82, 2.24) is 0 Å². The average molecular weight is 291 g/mol. The Kier molecular flexibility index (Phi) is 4.24. The molecule has 0 spiro atoms. The smallest absolute Gasteiger partial charge is 0.242 e. The van der Waals surface area contributed by atoms with Gasteiger partial charge in [0.1, 0.15) is 5.25 Å². The number of halogens is 1. The van der Waals surface area contributed by atoms with Crippen molar-refractivity contribution in [3.05, 3.63) is 22.7 Å². The lowest BCUT2D eigenvalue weighted by atomic mass is 10.1. The zero-order valence-corrected chi connectivity index (χ0v) is 11.9. The third-order valence-corrected chi connectivity index (χ3v) is 4.44. The maximum Gasteiger partial charge on any atom is 0.242 e. The van der Waals surface area contributed by atoms with E-state index in [1.54, 1.807) is 13.0 Å². The molecule has 0 aliphatic carbocycles. The quantitative estimate of drug-likeness (QED) is 0.828. The van der Waals surface area contributed by atoms with E-state index in [0.29, 0.717) is 22.0 Å². The molecule has 0 aliphatic heterocycles. The van der Waals surface area contributed by atoms with E-state index in [2.05, 4.69) is 5.32 Å². The van der Waals surface area contributed by atoms with Crippen LogP contribution in [0.3, 0.4) is 0 Å². The normalized spacial score (nSPS) is 13.1. The molecule has 0 aromatic heterocycles. The maximum atomic E-state index is 11.7. The predicted molar refractivity (Wildman–Crippen MR) is 73.5 cm³/mol. The summed E-state index contributed by atoms with van der Waals surface area (Å²) < 4.78 is 22.5. The van der Waals surface area contributed by atoms with E-state index in [4.69, 9.17) is 17.3 Å². The number of carbonyl (C=O) groups excluding carboxylic acids is 1. The van der Waals surface area contributed by atoms with Crippen LogP contribution < -0.4 is 11.1 Å². The van der Waals surface area contributed by atoms with Crippen molar-refractivity contribution in [3.8, 4) is 0 Å². The Bertz CT molecular complexity index is 584. The summed E-state index contributed by atoms with van der Waals surface area (Å²) in [6.45, 7) is 3.08. The van der Waals surface area contributed by atoms with Crippen LogP contribution in [0.5, 0.6) is 0 Å². The summed E-state index contributed by atoms with van der Waals surface area (Å²) in [4.78, 5) is 11.7. The third-order valence-electron chi connectivity index (χ3n) is 2.61. The first-order valence-corrected chi connectivity index (χ1v) is 7.51. The van der Waals surface area contributed by atoms with Crippen LogP contribution in [-0.2, 0) is 14.6 Å². The fourth-order valence-electron chi connectivity index (χ4n) is 1.27. The van der Waals surface area contributed by atoms with Gasteiger partial charge >= 0.3 is 0 Å². The molecule has 0 heterocycles. The van der Waals surface area contributed by atoms with Crippen LogP contribution in [0.15, 0.2) is 12.1 Å². The Morgan fingerprint density at radius 3 is 2.50 bits per heavy atom. The first-order valence-electron chi connectivity index (χ1n) is 5.18. The van der Waals surface area contributed by atoms with Crippen LogP contribution in [0.25, 0.3) is 0 Å². The molecule has 18 heavy (non-hydrogen) atoms. The zero-order chi connectivity index (χ0) is 14.1. The monoisotopic (exact) mass is 290 g/mol. The van der Waals surface area contributed by atoms with Crippen LogP contribution in [0, 0.1) is 6.92 Å². The molecule has 7 heteroatoms. The number of nitrogens with two attached hydrogens (primary N) is 1. The Balaban J connectivity index is 2.99. The van der Waals surface area contributed by atoms with Crippen molar-refractivity contribution >= 4 is 38.7 Å². The number of hydrogen-bond acceptors (Lipinski definition) is 4. The second-order valence-electron chi connectivity index (χ2n) is 4.15. The third kappa shape index (κ3) is 3.36. The molecule has 5 nitrogen and oxygen atoms in total. The number of sulfone groups is 1. The number of nitrogen functional groups attached to an aromatic ring is 1. The van der Waals surface area contributed by atoms with Gasteiger partial charge in [-0.05, 0) is 31.5 Å². The number of rotatable bonds is 3. The van der Waals surface area contributed by atoms with Gasteiger partial charge in [0.2, 0.25) is 5.91 Å². The van der Waals surface area contributed by atoms with Gasteiger partial charge in [0.25, 0.3) is 0 Å². The minimum absolute atomic E-state index is 0.308. The number of amides is 1. The summed E-state index contributed by atoms with van der Waals surface area (Å²) in [5, 5.41) is 1.72. The van der Waals surface area contributed by atoms with Gasteiger partial charge in [0, 0.05) is 11.9 Å². The van der Waals surface area contributed by atoms with Crippen LogP contribution in [0.2, 0.25) is 5.02 Å². The number of benzene rings is 1. The predicted octanol–water partition coefficient (Wildman–Crippen LogP) is 1.60. The molecule has 0 bridgehead atoms. The fourth-order valence-corrected chi connectivity index (χ4v) is 1.88. The summed E-state index contributed by atoms with van der Waals surface area (Å²) in [5.74, 6) is -0.596. The first kappa shape index (κ1) is 14.8. The number of anilines is 2. The SMILES string of the molecule is Cc1cc(N)c(Cl)cc1NC(=O)C(C)S(C)(=O)=O. The van der Waals surface area contributed by atoms with Crippen LogP contribution in [0.4, 0.5) is 11.4 Å². The zero-order valence-electron chi connectivity index (χ0n) is 10.3. The highest BCUT2D eigenvalue weighted by molar-refractivity contribution is 7.92. The van der Waals surface area contributed by atoms with Gasteiger partial charge < -0.3 is 11.1 Å². The van der Waals surface area contributed by atoms with Crippen LogP contribution >= 0.6 is 11.6 Å². The van der Waals surface area contributed by atoms with E-state index >= 15 is 0 Å². The second kappa shape index (κ2) is 5.16. The van der Waals surface area contributed by atoms with Crippen LogP contribution in [0.1, 0.15) is 12.5 Å². The van der Waals surface area contributed by atoms with Gasteiger partial charge in [-0.1, -0.05) is 11.6 Å². The summed E-state index contributed by atoms with van der Waals surface area (Å²) in [5.41, 5.74) is 7.18. The second-order valence-corrected chi connectivity index (χ2v) is 6.92. The first-order chi connectivity index (χ1) is 8.12. The lowest BCUT2D eigenvalue weighted by Crippen LogP contribution is -2.32. The Morgan fingerprint density at radius 2 is 2.00 bits per heavy atom. The van der Waals surface area contributed by atoms with Gasteiger partial charge in [0.05, 0.1) is 10.7 Å². The summed E-state index contributed by atoms with van der Waals surface area (Å²) in [6, 6.07) is 3.11. The maximum absolute atomic E-state index is 11.7. The molecule has 1 aromatic carbocycles. The van der Waals surface area contributed by atoms with Crippen molar-refractivity contribution in [2.24, 2.45) is 0 Å². The fraction of sp³-hybridized carbons (Fsp3) is 0.364. The van der Waals surface area contributed by atoms with E-state index in [1.165, 1.54) is 13.0 Å². The minimum atomic E-state index is -3.42. The molecule has 100 valence electrons. The highest BCUT2D eigenvalue weighted by atomic mass is 35.5. The summed E-state index contributed by atoms with van der Waals surface area (Å²) in [6.07, 6.45) is 1.01. The van der Waals surface area contributed by atoms with Crippen molar-refractivity contribution in [1.29, 1.82) is 0 Å². The van der Waals surface area contributed by atoms with E-state index in [1.807, 2.05) is 0 Å². The number of hydrogen-bond donors (Lipinski definition) is 2. The van der Waals surface area contributed by atoms with Gasteiger partial charge in [0.15, 0.2) is 9.84 Å². The highest BCUT2D eigenvalue weighted by Crippen LogP contribution is 2.26. The van der Waals surface area contributed by atoms with E-state index in [-0.39, 0.29) is 0 Å². The average Bonchev–Trinajstić information content (AvgIpc) is 2.23. The topological polar surface area (TPSA) is 89.3 Å². The number of carbonyl (C=O) groups is 1. The van der Waals surface area contributed by atoms with Gasteiger partial charge in [-0.2, -0.15) is 0 Å². The number of aryl methyl sites for hydroxylation is 1. The van der Waals surface area contributed by atoms with Gasteiger partial charge in [-0.15, -0.1) is 0 Å². The molecule has 0 saturated heterocycles. The lowest BCUT2D eigenvalue weighted by molar-refractivity contribution is -0.115. The standard InChI is InChI=1S/C11H15ClN2O3S/c1-6-4-9(13)8(12)5-10(6)14-11(15)7(2)18(3,16)17/h4-5,7H,13H2,1-3H3,(H,14,15). The molecule has 1 amide bonds. The Hall–Kier alpha value is -1.27. The van der Waals surface area contributed by atoms with E-state index in [9.17, 15) is 13.2 Å². The Morgan fingerprint density at radius 1 is 1.44 bits per heavy atom. The molecule has 1 aromatic rings. The highest BCUT2D eigenvalue weighted by Gasteiger charge is 2.24. The summed E-state index contributed by atoms with van der Waals surface area (Å²) in [7, 11) is -3.42. The molecular weight excluding hydrogens is 276 g/mol. The van der Waals surface area contributed by atoms with Crippen molar-refractivity contribution in [2.75, 3.05) is 17.3 Å². The molecule has 3 N–H and O–H groups in total. The molecule has 0 fully saturated rings. The molecule has 0 radical (unpaired) electrons. The molecule has 0 saturated carbocycles. The molecule has 0 aliphatic rings. The summed E-state index contributed by atoms with van der Waals surface area (Å²) >= 11 is 5.84. The number of nitrogens with one attached hydrogen (secondary N) is 1. The van der Waals surface area contributed by atoms with Crippen molar-refractivity contribution in [2.45, 2.75) is 19.1 Å². The van der Waals surface area contributed by atoms with Crippen LogP contribution in [-0.4, -0.2) is 25.8 Å². The van der Waals surface area contributed by atoms with Gasteiger partial charge in [-0.25, -0.2) is 8.42 Å². The Labute approximate surface area is 111 Å². The lowest BCUT2D eigenvalue weighted by Gasteiger charge is -2.13. The van der Waals surface area contributed by atoms with Crippen molar-refractivity contribution in [3.63, 3.8) is 0 Å².